The van der Waals surface area contributed by atoms with E-state index in [1.54, 1.807) is 41.2 Å². The Kier molecular flexibility index (Phi) is 7.18. The highest BCUT2D eigenvalue weighted by atomic mass is 32.2. The molecule has 0 bridgehead atoms. The monoisotopic (exact) mass is 527 g/mol. The third-order valence-corrected chi connectivity index (χ3v) is 7.60. The second kappa shape index (κ2) is 10.2. The summed E-state index contributed by atoms with van der Waals surface area (Å²) in [6.07, 6.45) is 2.56. The van der Waals surface area contributed by atoms with Crippen molar-refractivity contribution < 1.29 is 12.8 Å². The molecule has 13 heteroatoms. The van der Waals surface area contributed by atoms with Gasteiger partial charge in [0.2, 0.25) is 0 Å². The van der Waals surface area contributed by atoms with Crippen molar-refractivity contribution in [3.63, 3.8) is 0 Å². The Morgan fingerprint density at radius 3 is 2.57 bits per heavy atom. The van der Waals surface area contributed by atoms with E-state index in [4.69, 9.17) is 11.5 Å². The van der Waals surface area contributed by atoms with Gasteiger partial charge in [-0.2, -0.15) is 17.8 Å². The van der Waals surface area contributed by atoms with E-state index in [0.717, 1.165) is 14.2 Å². The molecule has 1 aromatic carbocycles. The van der Waals surface area contributed by atoms with E-state index in [1.807, 2.05) is 19.9 Å². The van der Waals surface area contributed by atoms with E-state index in [2.05, 4.69) is 20.4 Å². The van der Waals surface area contributed by atoms with Crippen LogP contribution in [-0.4, -0.2) is 58.3 Å². The summed E-state index contributed by atoms with van der Waals surface area (Å²) in [6.45, 7) is 3.90. The van der Waals surface area contributed by atoms with Crippen LogP contribution in [0, 0.1) is 5.82 Å². The van der Waals surface area contributed by atoms with E-state index in [9.17, 15) is 12.8 Å². The first-order chi connectivity index (χ1) is 17.5. The highest BCUT2D eigenvalue weighted by molar-refractivity contribution is 7.86. The van der Waals surface area contributed by atoms with Gasteiger partial charge in [-0.05, 0) is 32.0 Å². The quantitative estimate of drug-likeness (QED) is 0.378. The number of hydrogen-bond donors (Lipinski definition) is 3. The van der Waals surface area contributed by atoms with Gasteiger partial charge >= 0.3 is 10.2 Å². The smallest absolute Gasteiger partial charge is 0.304 e. The fourth-order valence-electron chi connectivity index (χ4n) is 3.88. The average Bonchev–Trinajstić information content (AvgIpc) is 3.20. The highest BCUT2D eigenvalue weighted by Gasteiger charge is 2.34. The van der Waals surface area contributed by atoms with Crippen molar-refractivity contribution in [2.75, 3.05) is 20.6 Å². The first-order valence-electron chi connectivity index (χ1n) is 11.5. The van der Waals surface area contributed by atoms with E-state index in [-0.39, 0.29) is 36.3 Å². The predicted molar refractivity (Wildman–Crippen MR) is 140 cm³/mol. The van der Waals surface area contributed by atoms with Crippen LogP contribution in [0.15, 0.2) is 70.8 Å². The number of rotatable bonds is 8. The van der Waals surface area contributed by atoms with Crippen LogP contribution in [-0.2, 0) is 16.8 Å². The van der Waals surface area contributed by atoms with Crippen LogP contribution in [0.1, 0.15) is 31.3 Å². The zero-order valence-electron chi connectivity index (χ0n) is 21.1. The minimum atomic E-state index is -3.93. The first-order valence-corrected chi connectivity index (χ1v) is 12.9. The number of nitrogens with one attached hydrogen (secondary N) is 1. The number of nitrogens with two attached hydrogens (primary N) is 2. The Hall–Kier alpha value is -3.97. The van der Waals surface area contributed by atoms with Crippen molar-refractivity contribution in [3.8, 4) is 0 Å². The first kappa shape index (κ1) is 26.1. The molecule has 4 rings (SSSR count). The highest BCUT2D eigenvalue weighted by Crippen LogP contribution is 2.29. The number of nitrogens with zero attached hydrogens (tertiary/aromatic N) is 6. The van der Waals surface area contributed by atoms with Gasteiger partial charge in [0.05, 0.1) is 13.1 Å². The van der Waals surface area contributed by atoms with Crippen LogP contribution >= 0.6 is 0 Å². The summed E-state index contributed by atoms with van der Waals surface area (Å²) < 4.78 is 44.3. The summed E-state index contributed by atoms with van der Waals surface area (Å²) >= 11 is 0. The molecule has 196 valence electrons. The Bertz CT molecular complexity index is 1520. The van der Waals surface area contributed by atoms with Crippen molar-refractivity contribution >= 4 is 27.1 Å². The minimum absolute atomic E-state index is 0.0194. The Balaban J connectivity index is 1.74. The number of aliphatic imine (C=N–C) groups is 1. The third kappa shape index (κ3) is 5.13. The lowest BCUT2D eigenvalue weighted by molar-refractivity contribution is 0.438. The number of benzene rings is 1. The molecule has 2 aromatic heterocycles. The molecule has 0 spiro atoms. The number of pyridine rings is 1. The lowest BCUT2D eigenvalue weighted by atomic mass is 10.2. The molecule has 0 radical (unpaired) electrons. The lowest BCUT2D eigenvalue weighted by Gasteiger charge is -2.32. The molecule has 3 aromatic rings. The van der Waals surface area contributed by atoms with E-state index in [0.29, 0.717) is 22.3 Å². The molecular weight excluding hydrogens is 497 g/mol. The normalized spacial score (nSPS) is 16.1. The molecule has 0 saturated carbocycles. The van der Waals surface area contributed by atoms with E-state index < -0.39 is 16.4 Å². The fourth-order valence-corrected chi connectivity index (χ4v) is 4.96. The maximum Gasteiger partial charge on any atom is 0.304 e. The molecule has 0 saturated heterocycles. The number of amidine groups is 1. The Morgan fingerprint density at radius 2 is 1.92 bits per heavy atom. The van der Waals surface area contributed by atoms with Crippen LogP contribution < -0.4 is 16.8 Å². The Labute approximate surface area is 215 Å². The standard InChI is InChI=1S/C24H30FN9O2S/c1-15(2)11-13-34(37(35,36)32(3)4)20-21(26)29-23(30-22(20)27)19-17-9-7-12-28-24(17)33(31-19)14-16-8-5-6-10-18(16)25/h5-12,23,29H,13-14,26H2,1-4H3,(H2,27,30). The zero-order valence-corrected chi connectivity index (χ0v) is 21.9. The summed E-state index contributed by atoms with van der Waals surface area (Å²) in [5, 5.41) is 8.37. The second-order valence-electron chi connectivity index (χ2n) is 8.94. The number of aromatic nitrogens is 3. The van der Waals surface area contributed by atoms with Crippen LogP contribution in [0.3, 0.4) is 0 Å². The largest absolute Gasteiger partial charge is 0.384 e. The van der Waals surface area contributed by atoms with Gasteiger partial charge in [-0.3, -0.25) is 0 Å². The third-order valence-electron chi connectivity index (χ3n) is 5.79. The van der Waals surface area contributed by atoms with Gasteiger partial charge in [-0.1, -0.05) is 29.8 Å². The molecule has 1 atom stereocenters. The SMILES string of the molecule is CC(C)=CCN(C1=C(N)NC(c2nn(Cc3ccccc3F)c3ncccc23)N=C1N)S(=O)(=O)N(C)C. The zero-order chi connectivity index (χ0) is 26.9. The predicted octanol–water partition coefficient (Wildman–Crippen LogP) is 1.78. The molecule has 3 heterocycles. The summed E-state index contributed by atoms with van der Waals surface area (Å²) in [5.74, 6) is -0.377. The molecule has 37 heavy (non-hydrogen) atoms. The average molecular weight is 528 g/mol. The van der Waals surface area contributed by atoms with E-state index >= 15 is 0 Å². The molecule has 5 N–H and O–H groups in total. The van der Waals surface area contributed by atoms with Gasteiger partial charge in [0.15, 0.2) is 11.8 Å². The lowest BCUT2D eigenvalue weighted by Crippen LogP contribution is -2.48. The van der Waals surface area contributed by atoms with Crippen molar-refractivity contribution in [2.45, 2.75) is 26.6 Å². The van der Waals surface area contributed by atoms with Gasteiger partial charge in [-0.25, -0.2) is 23.4 Å². The summed E-state index contributed by atoms with van der Waals surface area (Å²) in [6, 6.07) is 10.0. The van der Waals surface area contributed by atoms with Crippen molar-refractivity contribution in [3.05, 3.63) is 82.8 Å². The molecule has 1 aliphatic rings. The Morgan fingerprint density at radius 1 is 1.19 bits per heavy atom. The van der Waals surface area contributed by atoms with E-state index in [1.165, 1.54) is 20.2 Å². The summed E-state index contributed by atoms with van der Waals surface area (Å²) in [4.78, 5) is 8.94. The van der Waals surface area contributed by atoms with Crippen molar-refractivity contribution in [2.24, 2.45) is 16.5 Å². The topological polar surface area (TPSA) is 148 Å². The molecular formula is C24H30FN9O2S. The second-order valence-corrected chi connectivity index (χ2v) is 11.0. The van der Waals surface area contributed by atoms with Gasteiger partial charge in [0, 0.05) is 31.2 Å². The van der Waals surface area contributed by atoms with Crippen LogP contribution in [0.5, 0.6) is 0 Å². The molecule has 1 aliphatic heterocycles. The maximum absolute atomic E-state index is 14.3. The number of fused-ring (bicyclic) bond motifs is 1. The van der Waals surface area contributed by atoms with Gasteiger partial charge in [0.1, 0.15) is 28.9 Å². The summed E-state index contributed by atoms with van der Waals surface area (Å²) in [7, 11) is -1.08. The molecule has 0 aliphatic carbocycles. The van der Waals surface area contributed by atoms with Crippen LogP contribution in [0.2, 0.25) is 0 Å². The van der Waals surface area contributed by atoms with Gasteiger partial charge in [-0.15, -0.1) is 0 Å². The molecule has 0 amide bonds. The van der Waals surface area contributed by atoms with Gasteiger partial charge < -0.3 is 16.8 Å². The molecule has 0 fully saturated rings. The molecule has 11 nitrogen and oxygen atoms in total. The van der Waals surface area contributed by atoms with Gasteiger partial charge in [0.25, 0.3) is 0 Å². The van der Waals surface area contributed by atoms with Crippen LogP contribution in [0.25, 0.3) is 11.0 Å². The van der Waals surface area contributed by atoms with Crippen molar-refractivity contribution in [1.29, 1.82) is 0 Å². The number of allylic oxidation sites excluding steroid dienone is 1. The van der Waals surface area contributed by atoms with Crippen molar-refractivity contribution in [1.82, 2.24) is 28.7 Å². The number of halogens is 1. The van der Waals surface area contributed by atoms with Crippen LogP contribution in [0.4, 0.5) is 4.39 Å². The molecule has 1 unspecified atom stereocenters. The maximum atomic E-state index is 14.3. The number of hydrogen-bond acceptors (Lipinski definition) is 8. The fraction of sp³-hybridized carbons (Fsp3) is 0.292. The summed E-state index contributed by atoms with van der Waals surface area (Å²) in [5.41, 5.74) is 15.1. The minimum Gasteiger partial charge on any atom is -0.384 e.